The molecule has 2 aliphatic rings. The van der Waals surface area contributed by atoms with E-state index in [0.717, 1.165) is 24.9 Å². The molecule has 0 bridgehead atoms. The fraction of sp³-hybridized carbons (Fsp3) is 0.867. The van der Waals surface area contributed by atoms with E-state index < -0.39 is 0 Å². The summed E-state index contributed by atoms with van der Waals surface area (Å²) >= 11 is 0. The fourth-order valence-corrected chi connectivity index (χ4v) is 3.25. The van der Waals surface area contributed by atoms with Crippen molar-refractivity contribution in [3.05, 3.63) is 12.7 Å². The second-order valence-corrected chi connectivity index (χ2v) is 6.24. The smallest absolute Gasteiger partial charge is 0.0309 e. The largest absolute Gasteiger partial charge is 0.308 e. The number of nitrogens with one attached hydrogen (secondary N) is 1. The predicted molar refractivity (Wildman–Crippen MR) is 74.1 cm³/mol. The van der Waals surface area contributed by atoms with E-state index >= 15 is 0 Å². The zero-order chi connectivity index (χ0) is 12.5. The SMILES string of the molecule is C=CCN1CC(C)(C2CC2)NCC1C(C)CC. The quantitative estimate of drug-likeness (QED) is 0.738. The van der Waals surface area contributed by atoms with Gasteiger partial charge in [-0.25, -0.2) is 0 Å². The third-order valence-corrected chi connectivity index (χ3v) is 4.86. The molecular weight excluding hydrogens is 208 g/mol. The first-order chi connectivity index (χ1) is 8.10. The molecule has 0 radical (unpaired) electrons. The van der Waals surface area contributed by atoms with Crippen LogP contribution in [-0.4, -0.2) is 36.1 Å². The fourth-order valence-electron chi connectivity index (χ4n) is 3.25. The number of hydrogen-bond donors (Lipinski definition) is 1. The summed E-state index contributed by atoms with van der Waals surface area (Å²) in [5, 5.41) is 3.84. The molecule has 2 heteroatoms. The van der Waals surface area contributed by atoms with Crippen LogP contribution in [0.4, 0.5) is 0 Å². The van der Waals surface area contributed by atoms with E-state index in [2.05, 4.69) is 43.6 Å². The molecular formula is C15H28N2. The Morgan fingerprint density at radius 3 is 2.76 bits per heavy atom. The molecule has 1 N–H and O–H groups in total. The Morgan fingerprint density at radius 1 is 1.53 bits per heavy atom. The molecule has 3 atom stereocenters. The van der Waals surface area contributed by atoms with Gasteiger partial charge in [-0.3, -0.25) is 4.90 Å². The summed E-state index contributed by atoms with van der Waals surface area (Å²) in [5.74, 6) is 1.68. The highest BCUT2D eigenvalue weighted by molar-refractivity contribution is 5.05. The van der Waals surface area contributed by atoms with Gasteiger partial charge in [0.25, 0.3) is 0 Å². The summed E-state index contributed by atoms with van der Waals surface area (Å²) in [6.45, 7) is 14.4. The Bertz CT molecular complexity index is 272. The Balaban J connectivity index is 2.04. The van der Waals surface area contributed by atoms with Crippen LogP contribution >= 0.6 is 0 Å². The van der Waals surface area contributed by atoms with Crippen molar-refractivity contribution in [2.45, 2.75) is 51.6 Å². The Labute approximate surface area is 106 Å². The lowest BCUT2D eigenvalue weighted by molar-refractivity contribution is 0.0572. The zero-order valence-electron chi connectivity index (χ0n) is 11.7. The summed E-state index contributed by atoms with van der Waals surface area (Å²) in [7, 11) is 0. The van der Waals surface area contributed by atoms with Gasteiger partial charge >= 0.3 is 0 Å². The lowest BCUT2D eigenvalue weighted by Gasteiger charge is -2.48. The molecule has 3 unspecified atom stereocenters. The first kappa shape index (κ1) is 13.1. The van der Waals surface area contributed by atoms with Gasteiger partial charge in [0.2, 0.25) is 0 Å². The number of rotatable bonds is 5. The highest BCUT2D eigenvalue weighted by atomic mass is 15.3. The molecule has 0 aromatic heterocycles. The van der Waals surface area contributed by atoms with Crippen molar-refractivity contribution in [3.8, 4) is 0 Å². The predicted octanol–water partition coefficient (Wildman–Crippen LogP) is 2.66. The molecule has 2 nitrogen and oxygen atoms in total. The monoisotopic (exact) mass is 236 g/mol. The minimum absolute atomic E-state index is 0.354. The molecule has 1 heterocycles. The van der Waals surface area contributed by atoms with Gasteiger partial charge in [-0.2, -0.15) is 0 Å². The summed E-state index contributed by atoms with van der Waals surface area (Å²) in [5.41, 5.74) is 0.354. The Morgan fingerprint density at radius 2 is 2.24 bits per heavy atom. The molecule has 1 saturated carbocycles. The van der Waals surface area contributed by atoms with E-state index in [-0.39, 0.29) is 0 Å². The third kappa shape index (κ3) is 2.74. The van der Waals surface area contributed by atoms with Crippen LogP contribution in [0.5, 0.6) is 0 Å². The van der Waals surface area contributed by atoms with Gasteiger partial charge in [-0.15, -0.1) is 6.58 Å². The minimum Gasteiger partial charge on any atom is -0.308 e. The molecule has 1 aliphatic heterocycles. The summed E-state index contributed by atoms with van der Waals surface area (Å²) in [6, 6.07) is 0.685. The second-order valence-electron chi connectivity index (χ2n) is 6.24. The molecule has 0 aromatic carbocycles. The molecule has 1 saturated heterocycles. The summed E-state index contributed by atoms with van der Waals surface area (Å²) < 4.78 is 0. The van der Waals surface area contributed by atoms with Gasteiger partial charge in [0.1, 0.15) is 0 Å². The number of piperazine rings is 1. The number of nitrogens with zero attached hydrogens (tertiary/aromatic N) is 1. The van der Waals surface area contributed by atoms with Crippen molar-refractivity contribution >= 4 is 0 Å². The molecule has 98 valence electrons. The van der Waals surface area contributed by atoms with Crippen LogP contribution in [0, 0.1) is 11.8 Å². The van der Waals surface area contributed by atoms with Crippen molar-refractivity contribution in [1.82, 2.24) is 10.2 Å². The molecule has 0 amide bonds. The van der Waals surface area contributed by atoms with Gasteiger partial charge in [0.15, 0.2) is 0 Å². The van der Waals surface area contributed by atoms with Crippen molar-refractivity contribution in [3.63, 3.8) is 0 Å². The minimum atomic E-state index is 0.354. The zero-order valence-corrected chi connectivity index (χ0v) is 11.7. The van der Waals surface area contributed by atoms with Gasteiger partial charge in [0.05, 0.1) is 0 Å². The van der Waals surface area contributed by atoms with E-state index in [4.69, 9.17) is 0 Å². The van der Waals surface area contributed by atoms with E-state index in [1.807, 2.05) is 0 Å². The molecule has 0 aromatic rings. The van der Waals surface area contributed by atoms with E-state index in [1.54, 1.807) is 0 Å². The summed E-state index contributed by atoms with van der Waals surface area (Å²) in [6.07, 6.45) is 6.16. The van der Waals surface area contributed by atoms with Crippen LogP contribution in [0.3, 0.4) is 0 Å². The molecule has 0 spiro atoms. The van der Waals surface area contributed by atoms with Crippen LogP contribution in [0.2, 0.25) is 0 Å². The lowest BCUT2D eigenvalue weighted by atomic mass is 9.87. The maximum absolute atomic E-state index is 3.92. The Kier molecular flexibility index (Phi) is 3.94. The van der Waals surface area contributed by atoms with E-state index in [1.165, 1.54) is 25.8 Å². The summed E-state index contributed by atoms with van der Waals surface area (Å²) in [4.78, 5) is 2.65. The average molecular weight is 236 g/mol. The first-order valence-corrected chi connectivity index (χ1v) is 7.20. The van der Waals surface area contributed by atoms with Crippen LogP contribution < -0.4 is 5.32 Å². The van der Waals surface area contributed by atoms with Crippen LogP contribution in [0.1, 0.15) is 40.0 Å². The van der Waals surface area contributed by atoms with E-state index in [9.17, 15) is 0 Å². The first-order valence-electron chi connectivity index (χ1n) is 7.20. The Hall–Kier alpha value is -0.340. The van der Waals surface area contributed by atoms with Gasteiger partial charge < -0.3 is 5.32 Å². The maximum Gasteiger partial charge on any atom is 0.0309 e. The molecule has 2 fully saturated rings. The molecule has 1 aliphatic carbocycles. The van der Waals surface area contributed by atoms with Crippen molar-refractivity contribution in [2.24, 2.45) is 11.8 Å². The standard InChI is InChI=1S/C15H28N2/c1-5-9-17-11-15(4,13-7-8-13)16-10-14(17)12(3)6-2/h5,12-14,16H,1,6-11H2,2-4H3. The second kappa shape index (κ2) is 5.11. The highest BCUT2D eigenvalue weighted by Crippen LogP contribution is 2.41. The van der Waals surface area contributed by atoms with Crippen LogP contribution in [0.25, 0.3) is 0 Å². The van der Waals surface area contributed by atoms with Crippen LogP contribution in [0.15, 0.2) is 12.7 Å². The molecule has 2 rings (SSSR count). The van der Waals surface area contributed by atoms with Crippen molar-refractivity contribution in [2.75, 3.05) is 19.6 Å². The maximum atomic E-state index is 3.92. The topological polar surface area (TPSA) is 15.3 Å². The lowest BCUT2D eigenvalue weighted by Crippen LogP contribution is -2.65. The van der Waals surface area contributed by atoms with E-state index in [0.29, 0.717) is 11.6 Å². The highest BCUT2D eigenvalue weighted by Gasteiger charge is 2.46. The average Bonchev–Trinajstić information content (AvgIpc) is 3.13. The van der Waals surface area contributed by atoms with Gasteiger partial charge in [-0.1, -0.05) is 26.3 Å². The normalized spacial score (nSPS) is 36.8. The molecule has 17 heavy (non-hydrogen) atoms. The number of hydrogen-bond acceptors (Lipinski definition) is 2. The van der Waals surface area contributed by atoms with Gasteiger partial charge in [0, 0.05) is 31.2 Å². The van der Waals surface area contributed by atoms with Crippen molar-refractivity contribution in [1.29, 1.82) is 0 Å². The van der Waals surface area contributed by atoms with Crippen molar-refractivity contribution < 1.29 is 0 Å². The van der Waals surface area contributed by atoms with Gasteiger partial charge in [-0.05, 0) is 31.6 Å². The van der Waals surface area contributed by atoms with Crippen LogP contribution in [-0.2, 0) is 0 Å². The third-order valence-electron chi connectivity index (χ3n) is 4.86.